The molecule has 2 N–H and O–H groups in total. The molecule has 0 fully saturated rings. The van der Waals surface area contributed by atoms with Gasteiger partial charge >= 0.3 is 0 Å². The normalized spacial score (nSPS) is 12.8. The fourth-order valence-electron chi connectivity index (χ4n) is 0.956. The molecule has 1 rings (SSSR count). The molecule has 1 atom stereocenters. The van der Waals surface area contributed by atoms with E-state index in [9.17, 15) is 4.21 Å². The van der Waals surface area contributed by atoms with E-state index < -0.39 is 10.8 Å². The molecule has 13 heavy (non-hydrogen) atoms. The fourth-order valence-corrected chi connectivity index (χ4v) is 2.48. The Morgan fingerprint density at radius 2 is 2.23 bits per heavy atom. The lowest BCUT2D eigenvalue weighted by Gasteiger charge is -2.03. The monoisotopic (exact) mass is 261 g/mol. The average Bonchev–Trinajstić information content (AvgIpc) is 2.09. The molecular weight excluding hydrogens is 250 g/mol. The molecule has 0 aliphatic heterocycles. The molecule has 0 aromatic heterocycles. The molecule has 0 amide bonds. The van der Waals surface area contributed by atoms with Crippen LogP contribution in [0.15, 0.2) is 22.7 Å². The van der Waals surface area contributed by atoms with Crippen LogP contribution >= 0.6 is 15.9 Å². The van der Waals surface area contributed by atoms with Crippen LogP contribution in [0.2, 0.25) is 0 Å². The summed E-state index contributed by atoms with van der Waals surface area (Å²) in [5.74, 6) is 1.29. The van der Waals surface area contributed by atoms with Gasteiger partial charge < -0.3 is 5.73 Å². The molecule has 0 spiro atoms. The van der Waals surface area contributed by atoms with Gasteiger partial charge in [-0.1, -0.05) is 28.9 Å². The molecule has 4 heteroatoms. The first-order chi connectivity index (χ1) is 6.13. The highest BCUT2D eigenvalue weighted by Gasteiger charge is 2.03. The number of hydrogen-bond donors (Lipinski definition) is 1. The van der Waals surface area contributed by atoms with E-state index in [1.165, 1.54) is 0 Å². The number of nitrogen functional groups attached to an aromatic ring is 1. The van der Waals surface area contributed by atoms with Crippen LogP contribution in [0.25, 0.3) is 0 Å². The number of hydrogen-bond acceptors (Lipinski definition) is 2. The van der Waals surface area contributed by atoms with Gasteiger partial charge in [-0.3, -0.25) is 4.21 Å². The highest BCUT2D eigenvalue weighted by atomic mass is 79.9. The van der Waals surface area contributed by atoms with Gasteiger partial charge in [-0.2, -0.15) is 0 Å². The van der Waals surface area contributed by atoms with Gasteiger partial charge in [0.05, 0.1) is 0 Å². The third kappa shape index (κ3) is 3.12. The van der Waals surface area contributed by atoms with E-state index in [1.807, 2.05) is 25.1 Å². The Labute approximate surface area is 89.1 Å². The minimum Gasteiger partial charge on any atom is -0.399 e. The van der Waals surface area contributed by atoms with E-state index in [2.05, 4.69) is 15.9 Å². The predicted octanol–water partition coefficient (Wildman–Crippen LogP) is 2.30. The summed E-state index contributed by atoms with van der Waals surface area (Å²) in [5, 5.41) is 0. The lowest BCUT2D eigenvalue weighted by atomic mass is 10.2. The highest BCUT2D eigenvalue weighted by Crippen LogP contribution is 2.21. The molecule has 0 heterocycles. The number of benzene rings is 1. The zero-order valence-electron chi connectivity index (χ0n) is 7.42. The second-order valence-electron chi connectivity index (χ2n) is 2.72. The van der Waals surface area contributed by atoms with Gasteiger partial charge in [0.2, 0.25) is 0 Å². The van der Waals surface area contributed by atoms with Crippen molar-refractivity contribution < 1.29 is 4.21 Å². The maximum Gasteiger partial charge on any atom is 0.0496 e. The zero-order valence-corrected chi connectivity index (χ0v) is 9.82. The van der Waals surface area contributed by atoms with E-state index in [4.69, 9.17) is 5.73 Å². The van der Waals surface area contributed by atoms with Gasteiger partial charge in [-0.25, -0.2) is 0 Å². The number of rotatable bonds is 3. The predicted molar refractivity (Wildman–Crippen MR) is 60.9 cm³/mol. The summed E-state index contributed by atoms with van der Waals surface area (Å²) in [6, 6.07) is 5.57. The summed E-state index contributed by atoms with van der Waals surface area (Å²) < 4.78 is 12.2. The smallest absolute Gasteiger partial charge is 0.0496 e. The van der Waals surface area contributed by atoms with Gasteiger partial charge in [-0.05, 0) is 17.7 Å². The van der Waals surface area contributed by atoms with Gasteiger partial charge in [0.25, 0.3) is 0 Å². The second kappa shape index (κ2) is 4.77. The summed E-state index contributed by atoms with van der Waals surface area (Å²) in [4.78, 5) is 0. The van der Waals surface area contributed by atoms with Crippen molar-refractivity contribution in [2.75, 3.05) is 11.5 Å². The molecule has 1 aromatic rings. The van der Waals surface area contributed by atoms with Crippen LogP contribution in [-0.2, 0) is 16.6 Å². The van der Waals surface area contributed by atoms with Crippen molar-refractivity contribution in [3.63, 3.8) is 0 Å². The average molecular weight is 262 g/mol. The van der Waals surface area contributed by atoms with Crippen molar-refractivity contribution >= 4 is 32.4 Å². The molecule has 0 radical (unpaired) electrons. The van der Waals surface area contributed by atoms with Crippen LogP contribution in [0.1, 0.15) is 12.5 Å². The van der Waals surface area contributed by atoms with E-state index >= 15 is 0 Å². The molecular formula is C9H12BrNOS. The standard InChI is InChI=1S/C9H12BrNOS/c1-2-13(12)6-7-3-4-8(11)5-9(7)10/h3-5H,2,6,11H2,1H3. The number of nitrogens with two attached hydrogens (primary N) is 1. The first-order valence-corrected chi connectivity index (χ1v) is 6.30. The second-order valence-corrected chi connectivity index (χ2v) is 5.32. The molecule has 1 aromatic carbocycles. The SMILES string of the molecule is CCS(=O)Cc1ccc(N)cc1Br. The zero-order chi connectivity index (χ0) is 9.84. The summed E-state index contributed by atoms with van der Waals surface area (Å²) in [6.45, 7) is 1.92. The summed E-state index contributed by atoms with van der Waals surface area (Å²) in [7, 11) is -0.766. The van der Waals surface area contributed by atoms with Crippen LogP contribution in [0.5, 0.6) is 0 Å². The Balaban J connectivity index is 2.83. The van der Waals surface area contributed by atoms with Gasteiger partial charge in [0.1, 0.15) is 0 Å². The minimum absolute atomic E-state index is 0.595. The van der Waals surface area contributed by atoms with Gasteiger partial charge in [0, 0.05) is 32.5 Å². The number of halogens is 1. The van der Waals surface area contributed by atoms with Gasteiger partial charge in [0.15, 0.2) is 0 Å². The Morgan fingerprint density at radius 3 is 2.77 bits per heavy atom. The minimum atomic E-state index is -0.766. The lowest BCUT2D eigenvalue weighted by molar-refractivity contribution is 0.683. The van der Waals surface area contributed by atoms with Crippen LogP contribution in [-0.4, -0.2) is 9.96 Å². The summed E-state index contributed by atoms with van der Waals surface area (Å²) in [5.41, 5.74) is 7.36. The van der Waals surface area contributed by atoms with Crippen molar-refractivity contribution in [1.82, 2.24) is 0 Å². The fraction of sp³-hybridized carbons (Fsp3) is 0.333. The molecule has 0 aliphatic carbocycles. The quantitative estimate of drug-likeness (QED) is 0.849. The molecule has 1 unspecified atom stereocenters. The highest BCUT2D eigenvalue weighted by molar-refractivity contribution is 9.10. The largest absolute Gasteiger partial charge is 0.399 e. The molecule has 0 bridgehead atoms. The van der Waals surface area contributed by atoms with Crippen molar-refractivity contribution in [2.24, 2.45) is 0 Å². The van der Waals surface area contributed by atoms with E-state index in [0.717, 1.165) is 15.7 Å². The van der Waals surface area contributed by atoms with Gasteiger partial charge in [-0.15, -0.1) is 0 Å². The first-order valence-electron chi connectivity index (χ1n) is 4.02. The third-order valence-corrected chi connectivity index (χ3v) is 3.73. The Morgan fingerprint density at radius 1 is 1.54 bits per heavy atom. The summed E-state index contributed by atoms with van der Waals surface area (Å²) >= 11 is 3.39. The van der Waals surface area contributed by atoms with Crippen molar-refractivity contribution in [3.8, 4) is 0 Å². The number of anilines is 1. The molecule has 0 saturated carbocycles. The molecule has 2 nitrogen and oxygen atoms in total. The Bertz CT molecular complexity index is 327. The van der Waals surface area contributed by atoms with E-state index in [-0.39, 0.29) is 0 Å². The molecule has 0 aliphatic rings. The maximum absolute atomic E-state index is 11.3. The molecule has 72 valence electrons. The van der Waals surface area contributed by atoms with Crippen LogP contribution < -0.4 is 5.73 Å². The van der Waals surface area contributed by atoms with E-state index in [1.54, 1.807) is 0 Å². The van der Waals surface area contributed by atoms with Crippen molar-refractivity contribution in [3.05, 3.63) is 28.2 Å². The maximum atomic E-state index is 11.3. The van der Waals surface area contributed by atoms with Crippen molar-refractivity contribution in [1.29, 1.82) is 0 Å². The molecule has 0 saturated heterocycles. The third-order valence-electron chi connectivity index (χ3n) is 1.72. The van der Waals surface area contributed by atoms with Crippen molar-refractivity contribution in [2.45, 2.75) is 12.7 Å². The Hall–Kier alpha value is -0.350. The lowest BCUT2D eigenvalue weighted by Crippen LogP contribution is -1.99. The van der Waals surface area contributed by atoms with E-state index in [0.29, 0.717) is 11.5 Å². The Kier molecular flexibility index (Phi) is 3.93. The van der Waals surface area contributed by atoms with Crippen LogP contribution in [0, 0.1) is 0 Å². The summed E-state index contributed by atoms with van der Waals surface area (Å²) in [6.07, 6.45) is 0. The van der Waals surface area contributed by atoms with Crippen LogP contribution in [0.4, 0.5) is 5.69 Å². The van der Waals surface area contributed by atoms with Crippen LogP contribution in [0.3, 0.4) is 0 Å². The topological polar surface area (TPSA) is 43.1 Å². The first kappa shape index (κ1) is 10.7.